The second kappa shape index (κ2) is 14.7. The molecule has 0 aromatic carbocycles. The highest BCUT2D eigenvalue weighted by Gasteiger charge is 2.31. The average molecular weight is 365 g/mol. The van der Waals surface area contributed by atoms with E-state index in [0.717, 1.165) is 44.9 Å². The molecule has 144 valence electrons. The van der Waals surface area contributed by atoms with Crippen molar-refractivity contribution in [2.45, 2.75) is 103 Å². The molecule has 0 saturated carbocycles. The lowest BCUT2D eigenvalue weighted by Crippen LogP contribution is -2.32. The fourth-order valence-electron chi connectivity index (χ4n) is 2.65. The van der Waals surface area contributed by atoms with Gasteiger partial charge in [-0.15, -0.1) is 0 Å². The minimum Gasteiger partial charge on any atom is -0.465 e. The van der Waals surface area contributed by atoms with Crippen molar-refractivity contribution in [1.82, 2.24) is 0 Å². The molecule has 5 nitrogen and oxygen atoms in total. The predicted molar refractivity (Wildman–Crippen MR) is 97.7 cm³/mol. The largest absolute Gasteiger partial charge is 0.465 e. The Balaban J connectivity index is 3.97. The van der Waals surface area contributed by atoms with Crippen LogP contribution in [0.1, 0.15) is 97.3 Å². The summed E-state index contributed by atoms with van der Waals surface area (Å²) in [6, 6.07) is 0. The summed E-state index contributed by atoms with van der Waals surface area (Å²) < 4.78 is 37.1. The summed E-state index contributed by atoms with van der Waals surface area (Å²) in [6.45, 7) is 4.51. The number of hydrogen-bond donors (Lipinski definition) is 1. The molecule has 0 aliphatic carbocycles. The third-order valence-electron chi connectivity index (χ3n) is 4.18. The molecule has 24 heavy (non-hydrogen) atoms. The van der Waals surface area contributed by atoms with Gasteiger partial charge >= 0.3 is 5.97 Å². The first-order chi connectivity index (χ1) is 11.4. The lowest BCUT2D eigenvalue weighted by Gasteiger charge is -2.13. The molecular weight excluding hydrogens is 328 g/mol. The van der Waals surface area contributed by atoms with Gasteiger partial charge in [-0.25, -0.2) is 0 Å². The van der Waals surface area contributed by atoms with Crippen LogP contribution in [-0.2, 0) is 19.6 Å². The zero-order valence-electron chi connectivity index (χ0n) is 15.5. The molecule has 0 aromatic rings. The van der Waals surface area contributed by atoms with E-state index in [9.17, 15) is 17.8 Å². The molecule has 0 amide bonds. The van der Waals surface area contributed by atoms with Crippen LogP contribution in [0.5, 0.6) is 0 Å². The maximum atomic E-state index is 11.9. The van der Waals surface area contributed by atoms with Gasteiger partial charge in [0.2, 0.25) is 0 Å². The highest BCUT2D eigenvalue weighted by molar-refractivity contribution is 7.87. The number of esters is 1. The maximum Gasteiger partial charge on any atom is 0.326 e. The third-order valence-corrected chi connectivity index (χ3v) is 5.33. The monoisotopic (exact) mass is 364 g/mol. The van der Waals surface area contributed by atoms with Crippen molar-refractivity contribution in [2.24, 2.45) is 0 Å². The van der Waals surface area contributed by atoms with Crippen LogP contribution in [0.3, 0.4) is 0 Å². The zero-order chi connectivity index (χ0) is 18.3. The van der Waals surface area contributed by atoms with Gasteiger partial charge in [-0.3, -0.25) is 9.35 Å². The van der Waals surface area contributed by atoms with E-state index < -0.39 is 21.3 Å². The Morgan fingerprint density at radius 2 is 1.29 bits per heavy atom. The van der Waals surface area contributed by atoms with E-state index >= 15 is 0 Å². The van der Waals surface area contributed by atoms with Gasteiger partial charge in [0.1, 0.15) is 0 Å². The van der Waals surface area contributed by atoms with Gasteiger partial charge in [0.05, 0.1) is 6.61 Å². The molecule has 1 atom stereocenters. The second-order valence-electron chi connectivity index (χ2n) is 6.50. The van der Waals surface area contributed by atoms with Gasteiger partial charge < -0.3 is 4.74 Å². The molecule has 6 heteroatoms. The Morgan fingerprint density at radius 3 is 1.79 bits per heavy atom. The number of hydrogen-bond acceptors (Lipinski definition) is 4. The van der Waals surface area contributed by atoms with E-state index in [1.54, 1.807) is 0 Å². The SMILES string of the molecule is CCCCCCCCCOC(=O)C(CCCCCCC)S(=O)(=O)O. The zero-order valence-corrected chi connectivity index (χ0v) is 16.3. The second-order valence-corrected chi connectivity index (χ2v) is 8.09. The number of unbranched alkanes of at least 4 members (excludes halogenated alkanes) is 10. The van der Waals surface area contributed by atoms with E-state index in [2.05, 4.69) is 13.8 Å². The molecule has 0 aliphatic heterocycles. The molecule has 0 radical (unpaired) electrons. The molecule has 0 rings (SSSR count). The van der Waals surface area contributed by atoms with Crippen molar-refractivity contribution in [3.8, 4) is 0 Å². The molecular formula is C18H36O5S. The van der Waals surface area contributed by atoms with Gasteiger partial charge in [0, 0.05) is 0 Å². The fraction of sp³-hybridized carbons (Fsp3) is 0.944. The highest BCUT2D eigenvalue weighted by atomic mass is 32.2. The molecule has 0 fully saturated rings. The van der Waals surface area contributed by atoms with E-state index in [-0.39, 0.29) is 13.0 Å². The number of rotatable bonds is 16. The normalized spacial score (nSPS) is 13.0. The van der Waals surface area contributed by atoms with Crippen LogP contribution in [-0.4, -0.2) is 30.8 Å². The Bertz CT molecular complexity index is 406. The van der Waals surface area contributed by atoms with Gasteiger partial charge in [-0.2, -0.15) is 8.42 Å². The van der Waals surface area contributed by atoms with E-state index in [1.165, 1.54) is 25.7 Å². The van der Waals surface area contributed by atoms with Crippen LogP contribution >= 0.6 is 0 Å². The summed E-state index contributed by atoms with van der Waals surface area (Å²) in [5.74, 6) is -0.807. The van der Waals surface area contributed by atoms with Crippen LogP contribution in [0.2, 0.25) is 0 Å². The van der Waals surface area contributed by atoms with Crippen LogP contribution in [0, 0.1) is 0 Å². The molecule has 0 aliphatic rings. The minimum absolute atomic E-state index is 0.137. The van der Waals surface area contributed by atoms with Crippen LogP contribution in [0.4, 0.5) is 0 Å². The van der Waals surface area contributed by atoms with Crippen molar-refractivity contribution < 1.29 is 22.5 Å². The first kappa shape index (κ1) is 23.4. The number of carbonyl (C=O) groups is 1. The topological polar surface area (TPSA) is 80.7 Å². The standard InChI is InChI=1S/C18H36O5S/c1-3-5-7-9-10-12-14-16-23-18(19)17(24(20,21)22)15-13-11-8-6-4-2/h17H,3-16H2,1-2H3,(H,20,21,22). The van der Waals surface area contributed by atoms with E-state index in [0.29, 0.717) is 6.42 Å². The molecule has 0 spiro atoms. The number of carbonyl (C=O) groups excluding carboxylic acids is 1. The van der Waals surface area contributed by atoms with Gasteiger partial charge in [0.15, 0.2) is 5.25 Å². The average Bonchev–Trinajstić information content (AvgIpc) is 2.52. The number of ether oxygens (including phenoxy) is 1. The smallest absolute Gasteiger partial charge is 0.326 e. The van der Waals surface area contributed by atoms with Crippen molar-refractivity contribution in [2.75, 3.05) is 6.61 Å². The summed E-state index contributed by atoms with van der Waals surface area (Å²) in [4.78, 5) is 11.9. The molecule has 1 N–H and O–H groups in total. The lowest BCUT2D eigenvalue weighted by molar-refractivity contribution is -0.143. The summed E-state index contributed by atoms with van der Waals surface area (Å²) in [7, 11) is -4.39. The van der Waals surface area contributed by atoms with Crippen LogP contribution < -0.4 is 0 Å². The van der Waals surface area contributed by atoms with Crippen molar-refractivity contribution in [1.29, 1.82) is 0 Å². The van der Waals surface area contributed by atoms with Gasteiger partial charge in [-0.1, -0.05) is 84.5 Å². The van der Waals surface area contributed by atoms with E-state index in [1.807, 2.05) is 0 Å². The fourth-order valence-corrected chi connectivity index (χ4v) is 3.42. The molecule has 0 saturated heterocycles. The predicted octanol–water partition coefficient (Wildman–Crippen LogP) is 4.90. The van der Waals surface area contributed by atoms with Gasteiger partial charge in [0.25, 0.3) is 10.1 Å². The van der Waals surface area contributed by atoms with Crippen molar-refractivity contribution >= 4 is 16.1 Å². The molecule has 0 bridgehead atoms. The van der Waals surface area contributed by atoms with Gasteiger partial charge in [-0.05, 0) is 12.8 Å². The first-order valence-corrected chi connectivity index (χ1v) is 11.1. The lowest BCUT2D eigenvalue weighted by atomic mass is 10.1. The third kappa shape index (κ3) is 12.8. The summed E-state index contributed by atoms with van der Waals surface area (Å²) >= 11 is 0. The Labute approximate surface area is 148 Å². The Kier molecular flexibility index (Phi) is 14.3. The quantitative estimate of drug-likeness (QED) is 0.239. The maximum absolute atomic E-state index is 11.9. The van der Waals surface area contributed by atoms with Crippen molar-refractivity contribution in [3.63, 3.8) is 0 Å². The van der Waals surface area contributed by atoms with Crippen LogP contribution in [0.15, 0.2) is 0 Å². The Hall–Kier alpha value is -0.620. The van der Waals surface area contributed by atoms with E-state index in [4.69, 9.17) is 4.74 Å². The molecule has 0 heterocycles. The Morgan fingerprint density at radius 1 is 0.833 bits per heavy atom. The van der Waals surface area contributed by atoms with Crippen LogP contribution in [0.25, 0.3) is 0 Å². The summed E-state index contributed by atoms with van der Waals surface area (Å²) in [5.41, 5.74) is 0. The minimum atomic E-state index is -4.39. The first-order valence-electron chi connectivity index (χ1n) is 9.56. The molecule has 1 unspecified atom stereocenters. The van der Waals surface area contributed by atoms with Crippen molar-refractivity contribution in [3.05, 3.63) is 0 Å². The summed E-state index contributed by atoms with van der Waals surface area (Å²) in [6.07, 6.45) is 12.5. The summed E-state index contributed by atoms with van der Waals surface area (Å²) in [5, 5.41) is -1.43. The highest BCUT2D eigenvalue weighted by Crippen LogP contribution is 2.14. The molecule has 0 aromatic heterocycles.